The Hall–Kier alpha value is -3.69. The molecule has 2 N–H and O–H groups in total. The van der Waals surface area contributed by atoms with Crippen LogP contribution in [0.2, 0.25) is 0 Å². The molecular formula is C48H94N6O10. The molecule has 0 rings (SSSR count). The van der Waals surface area contributed by atoms with Gasteiger partial charge in [0.2, 0.25) is 0 Å². The normalized spacial score (nSPS) is 12.8. The van der Waals surface area contributed by atoms with Gasteiger partial charge < -0.3 is 44.1 Å². The Morgan fingerprint density at radius 2 is 0.734 bits per heavy atom. The average molecular weight is 915 g/mol. The summed E-state index contributed by atoms with van der Waals surface area (Å²) in [5.41, 5.74) is 2.20. The third-order valence-electron chi connectivity index (χ3n) is 9.26. The van der Waals surface area contributed by atoms with Crippen LogP contribution in [0.5, 0.6) is 0 Å². The summed E-state index contributed by atoms with van der Waals surface area (Å²) in [6, 6.07) is 0. The minimum atomic E-state index is -0.818. The van der Waals surface area contributed by atoms with Gasteiger partial charge in [0.15, 0.2) is 0 Å². The van der Waals surface area contributed by atoms with E-state index in [9.17, 15) is 24.0 Å². The Bertz CT molecular complexity index is 1380. The highest BCUT2D eigenvalue weighted by atomic mass is 16.6. The molecule has 0 radical (unpaired) electrons. The van der Waals surface area contributed by atoms with Crippen LogP contribution < -0.4 is 5.73 Å². The van der Waals surface area contributed by atoms with E-state index in [0.29, 0.717) is 77.8 Å². The molecule has 5 amide bonds. The zero-order chi connectivity index (χ0) is 49.5. The third-order valence-corrected chi connectivity index (χ3v) is 9.26. The fourth-order valence-electron chi connectivity index (χ4n) is 6.36. The van der Waals surface area contributed by atoms with Crippen LogP contribution in [0.1, 0.15) is 188 Å². The molecule has 0 fully saturated rings. The first-order valence-corrected chi connectivity index (χ1v) is 23.9. The molecule has 16 nitrogen and oxygen atoms in total. The molecule has 0 aromatic heterocycles. The monoisotopic (exact) mass is 915 g/mol. The highest BCUT2D eigenvalue weighted by molar-refractivity contribution is 5.72. The summed E-state index contributed by atoms with van der Waals surface area (Å²) in [5.74, 6) is 0. The van der Waals surface area contributed by atoms with Crippen LogP contribution in [0, 0.1) is 0 Å². The van der Waals surface area contributed by atoms with Crippen molar-refractivity contribution in [1.82, 2.24) is 24.5 Å². The van der Waals surface area contributed by atoms with E-state index in [1.165, 1.54) is 4.90 Å². The van der Waals surface area contributed by atoms with E-state index >= 15 is 0 Å². The number of unbranched alkanes of at least 4 members (excludes halogenated alkanes) is 6. The zero-order valence-corrected chi connectivity index (χ0v) is 43.6. The van der Waals surface area contributed by atoms with Crippen LogP contribution in [0.3, 0.4) is 0 Å². The van der Waals surface area contributed by atoms with Crippen LogP contribution in [0.4, 0.5) is 24.0 Å². The SMILES string of the molecule is CCCCN(CCCCN(C(=O)OC(C)(C)C)C(CCCCCCN)N(CCCCN(CCCN(C)C(=O)OC(C)(C)C)C(=O)OC(C)(C)C)C(=O)OC(C)(C)C)C(=O)OC(C)(C)C. The average Bonchev–Trinajstić information content (AvgIpc) is 3.10. The first kappa shape index (κ1) is 60.3. The molecule has 64 heavy (non-hydrogen) atoms. The number of hydrogen-bond acceptors (Lipinski definition) is 11. The van der Waals surface area contributed by atoms with Crippen LogP contribution in [-0.2, 0) is 23.7 Å². The molecule has 0 aliphatic carbocycles. The van der Waals surface area contributed by atoms with E-state index in [-0.39, 0.29) is 19.2 Å². The van der Waals surface area contributed by atoms with Gasteiger partial charge >= 0.3 is 30.5 Å². The Morgan fingerprint density at radius 1 is 0.406 bits per heavy atom. The van der Waals surface area contributed by atoms with Gasteiger partial charge in [-0.2, -0.15) is 0 Å². The van der Waals surface area contributed by atoms with E-state index < -0.39 is 58.5 Å². The Kier molecular flexibility index (Phi) is 26.7. The van der Waals surface area contributed by atoms with Crippen molar-refractivity contribution in [3.63, 3.8) is 0 Å². The molecule has 0 heterocycles. The molecule has 0 saturated carbocycles. The summed E-state index contributed by atoms with van der Waals surface area (Å²) in [5, 5.41) is 0. The van der Waals surface area contributed by atoms with Gasteiger partial charge in [-0.05, 0) is 168 Å². The number of carbonyl (C=O) groups excluding carboxylic acids is 5. The summed E-state index contributed by atoms with van der Waals surface area (Å²) < 4.78 is 29.0. The molecule has 0 bridgehead atoms. The van der Waals surface area contributed by atoms with Gasteiger partial charge in [-0.25, -0.2) is 24.0 Å². The minimum absolute atomic E-state index is 0.231. The fourth-order valence-corrected chi connectivity index (χ4v) is 6.36. The van der Waals surface area contributed by atoms with Crippen molar-refractivity contribution in [2.24, 2.45) is 5.73 Å². The number of carbonyl (C=O) groups is 5. The summed E-state index contributed by atoms with van der Waals surface area (Å²) in [7, 11) is 1.67. The van der Waals surface area contributed by atoms with Gasteiger partial charge in [0.05, 0.1) is 0 Å². The van der Waals surface area contributed by atoms with Crippen molar-refractivity contribution >= 4 is 30.5 Å². The molecule has 0 saturated heterocycles. The predicted octanol–water partition coefficient (Wildman–Crippen LogP) is 10.8. The Balaban J connectivity index is 6.71. The highest BCUT2D eigenvalue weighted by Crippen LogP contribution is 2.24. The summed E-state index contributed by atoms with van der Waals surface area (Å²) in [4.78, 5) is 76.0. The molecule has 16 heteroatoms. The number of nitrogens with zero attached hydrogens (tertiary/aromatic N) is 5. The van der Waals surface area contributed by atoms with E-state index in [0.717, 1.165) is 38.5 Å². The van der Waals surface area contributed by atoms with Gasteiger partial charge in [-0.1, -0.05) is 26.2 Å². The maximum Gasteiger partial charge on any atom is 0.411 e. The number of rotatable bonds is 25. The van der Waals surface area contributed by atoms with E-state index in [2.05, 4.69) is 6.92 Å². The molecule has 0 aromatic rings. The lowest BCUT2D eigenvalue weighted by Crippen LogP contribution is -2.55. The number of hydrogen-bond donors (Lipinski definition) is 1. The molecule has 0 spiro atoms. The van der Waals surface area contributed by atoms with Crippen LogP contribution in [0.15, 0.2) is 0 Å². The van der Waals surface area contributed by atoms with Gasteiger partial charge in [0.1, 0.15) is 34.2 Å². The summed E-state index contributed by atoms with van der Waals surface area (Å²) in [6.45, 7) is 32.5. The lowest BCUT2D eigenvalue weighted by molar-refractivity contribution is -0.0308. The van der Waals surface area contributed by atoms with Crippen molar-refractivity contribution in [3.8, 4) is 0 Å². The molecule has 1 unspecified atom stereocenters. The number of ether oxygens (including phenoxy) is 5. The molecule has 1 atom stereocenters. The minimum Gasteiger partial charge on any atom is -0.444 e. The lowest BCUT2D eigenvalue weighted by atomic mass is 10.1. The van der Waals surface area contributed by atoms with E-state index in [1.54, 1.807) is 26.6 Å². The quantitative estimate of drug-likeness (QED) is 0.0524. The van der Waals surface area contributed by atoms with Crippen LogP contribution in [0.25, 0.3) is 0 Å². The third kappa shape index (κ3) is 29.7. The fraction of sp³-hybridized carbons (Fsp3) is 0.896. The lowest BCUT2D eigenvalue weighted by Gasteiger charge is -2.41. The van der Waals surface area contributed by atoms with Crippen molar-refractivity contribution < 1.29 is 47.7 Å². The first-order chi connectivity index (χ1) is 29.3. The van der Waals surface area contributed by atoms with Gasteiger partial charge in [-0.3, -0.25) is 9.80 Å². The second kappa shape index (κ2) is 28.4. The first-order valence-electron chi connectivity index (χ1n) is 23.9. The number of nitrogens with two attached hydrogens (primary N) is 1. The highest BCUT2D eigenvalue weighted by Gasteiger charge is 2.36. The van der Waals surface area contributed by atoms with Gasteiger partial charge in [0.25, 0.3) is 0 Å². The summed E-state index contributed by atoms with van der Waals surface area (Å²) in [6.07, 6.45) is 5.09. The molecule has 0 aliphatic heterocycles. The smallest absolute Gasteiger partial charge is 0.411 e. The topological polar surface area (TPSA) is 174 Å². The molecule has 0 aromatic carbocycles. The molecule has 0 aliphatic rings. The predicted molar refractivity (Wildman–Crippen MR) is 254 cm³/mol. The summed E-state index contributed by atoms with van der Waals surface area (Å²) >= 11 is 0. The molecular weight excluding hydrogens is 821 g/mol. The largest absolute Gasteiger partial charge is 0.444 e. The van der Waals surface area contributed by atoms with E-state index in [1.807, 2.05) is 104 Å². The zero-order valence-electron chi connectivity index (χ0n) is 43.6. The maximum absolute atomic E-state index is 14.3. The second-order valence-corrected chi connectivity index (χ2v) is 21.8. The molecule has 376 valence electrons. The van der Waals surface area contributed by atoms with E-state index in [4.69, 9.17) is 29.4 Å². The number of amides is 5. The van der Waals surface area contributed by atoms with Gasteiger partial charge in [0, 0.05) is 52.9 Å². The van der Waals surface area contributed by atoms with Gasteiger partial charge in [-0.15, -0.1) is 0 Å². The van der Waals surface area contributed by atoms with Crippen molar-refractivity contribution in [1.29, 1.82) is 0 Å². The Morgan fingerprint density at radius 3 is 1.11 bits per heavy atom. The van der Waals surface area contributed by atoms with Crippen molar-refractivity contribution in [3.05, 3.63) is 0 Å². The van der Waals surface area contributed by atoms with Crippen molar-refractivity contribution in [2.75, 3.05) is 59.4 Å². The van der Waals surface area contributed by atoms with Crippen molar-refractivity contribution in [2.45, 2.75) is 222 Å². The maximum atomic E-state index is 14.3. The van der Waals surface area contributed by atoms with Crippen LogP contribution in [-0.4, -0.2) is 149 Å². The Labute approximate surface area is 388 Å². The van der Waals surface area contributed by atoms with Crippen LogP contribution >= 0.6 is 0 Å². The second-order valence-electron chi connectivity index (χ2n) is 21.8. The standard InChI is InChI=1S/C48H94N6O10/c1-18-19-32-51(40(56)61-45(5,6)7)33-24-26-36-53(42(58)63-47(11,12)13)38(29-22-20-21-23-30-49)54(43(59)64-48(14,15)16)37-27-25-34-52(41(57)62-46(8,9)10)35-28-31-50(17)39(55)60-44(2,3)4/h38H,18-37,49H2,1-17H3.